The fraction of sp³-hybridized carbons (Fsp3) is 0.611. The number of ketones is 1. The number of carbonyl (C=O) groups excluding carboxylic acids is 3. The number of nitrogens with zero attached hydrogens (tertiary/aromatic N) is 1. The molecule has 0 radical (unpaired) electrons. The number of ether oxygens (including phenoxy) is 1. The average molecular weight is 334 g/mol. The Balaban J connectivity index is 1.98. The molecular weight excluding hydrogens is 308 g/mol. The van der Waals surface area contributed by atoms with Gasteiger partial charge in [-0.2, -0.15) is 0 Å². The van der Waals surface area contributed by atoms with Crippen LogP contribution in [0.15, 0.2) is 0 Å². The summed E-state index contributed by atoms with van der Waals surface area (Å²) in [6, 6.07) is 0. The molecular formula is C18H26N2O4. The van der Waals surface area contributed by atoms with Gasteiger partial charge in [0.1, 0.15) is 5.69 Å². The first kappa shape index (κ1) is 18.2. The first-order valence-corrected chi connectivity index (χ1v) is 8.50. The lowest BCUT2D eigenvalue weighted by molar-refractivity contribution is -0.134. The minimum absolute atomic E-state index is 0.102. The third-order valence-electron chi connectivity index (χ3n) is 4.34. The van der Waals surface area contributed by atoms with Crippen LogP contribution in [0.5, 0.6) is 0 Å². The number of rotatable bonds is 8. The van der Waals surface area contributed by atoms with Crippen molar-refractivity contribution in [1.29, 1.82) is 0 Å². The van der Waals surface area contributed by atoms with E-state index in [2.05, 4.69) is 4.98 Å². The lowest BCUT2D eigenvalue weighted by atomic mass is 10.1. The van der Waals surface area contributed by atoms with Crippen LogP contribution in [0.1, 0.15) is 65.2 Å². The van der Waals surface area contributed by atoms with E-state index in [0.29, 0.717) is 29.3 Å². The van der Waals surface area contributed by atoms with Crippen molar-refractivity contribution in [3.63, 3.8) is 0 Å². The zero-order valence-corrected chi connectivity index (χ0v) is 14.9. The molecule has 1 amide bonds. The van der Waals surface area contributed by atoms with Crippen LogP contribution in [0.3, 0.4) is 0 Å². The molecule has 132 valence electrons. The van der Waals surface area contributed by atoms with Crippen molar-refractivity contribution in [2.24, 2.45) is 5.92 Å². The van der Waals surface area contributed by atoms with E-state index < -0.39 is 5.97 Å². The standard InChI is InChI=1S/C18H26N2O4/c1-5-8-20(9-14-6-7-14)15(22)10-24-18(23)17-11(2)16(13(4)21)12(3)19-17/h14,19H,5-10H2,1-4H3. The first-order valence-electron chi connectivity index (χ1n) is 8.50. The Kier molecular flexibility index (Phi) is 5.80. The summed E-state index contributed by atoms with van der Waals surface area (Å²) in [6.07, 6.45) is 3.22. The molecule has 0 spiro atoms. The van der Waals surface area contributed by atoms with Gasteiger partial charge in [0.2, 0.25) is 0 Å². The van der Waals surface area contributed by atoms with E-state index in [1.165, 1.54) is 19.8 Å². The van der Waals surface area contributed by atoms with E-state index >= 15 is 0 Å². The summed E-state index contributed by atoms with van der Waals surface area (Å²) in [7, 11) is 0. The highest BCUT2D eigenvalue weighted by atomic mass is 16.5. The van der Waals surface area contributed by atoms with Gasteiger partial charge in [-0.05, 0) is 51.5 Å². The third-order valence-corrected chi connectivity index (χ3v) is 4.34. The SMILES string of the molecule is CCCN(CC1CC1)C(=O)COC(=O)c1[nH]c(C)c(C(C)=O)c1C. The molecule has 0 bridgehead atoms. The van der Waals surface area contributed by atoms with Gasteiger partial charge in [0.25, 0.3) is 5.91 Å². The number of hydrogen-bond donors (Lipinski definition) is 1. The fourth-order valence-electron chi connectivity index (χ4n) is 2.97. The van der Waals surface area contributed by atoms with Crippen LogP contribution in [0, 0.1) is 19.8 Å². The zero-order chi connectivity index (χ0) is 17.9. The van der Waals surface area contributed by atoms with Crippen molar-refractivity contribution in [1.82, 2.24) is 9.88 Å². The number of hydrogen-bond acceptors (Lipinski definition) is 4. The maximum Gasteiger partial charge on any atom is 0.355 e. The largest absolute Gasteiger partial charge is 0.451 e. The number of aromatic amines is 1. The predicted molar refractivity (Wildman–Crippen MR) is 90.1 cm³/mol. The Morgan fingerprint density at radius 1 is 1.25 bits per heavy atom. The molecule has 0 unspecified atom stereocenters. The molecule has 24 heavy (non-hydrogen) atoms. The summed E-state index contributed by atoms with van der Waals surface area (Å²) in [5, 5.41) is 0. The first-order chi connectivity index (χ1) is 11.3. The van der Waals surface area contributed by atoms with E-state index in [0.717, 1.165) is 13.0 Å². The number of amides is 1. The van der Waals surface area contributed by atoms with Crippen molar-refractivity contribution in [2.45, 2.75) is 47.0 Å². The lowest BCUT2D eigenvalue weighted by Crippen LogP contribution is -2.36. The minimum atomic E-state index is -0.598. The van der Waals surface area contributed by atoms with Crippen LogP contribution in [-0.4, -0.2) is 47.2 Å². The number of aromatic nitrogens is 1. The van der Waals surface area contributed by atoms with Gasteiger partial charge in [0, 0.05) is 24.3 Å². The van der Waals surface area contributed by atoms with Crippen molar-refractivity contribution in [3.05, 3.63) is 22.5 Å². The van der Waals surface area contributed by atoms with Gasteiger partial charge >= 0.3 is 5.97 Å². The van der Waals surface area contributed by atoms with Gasteiger partial charge in [0.15, 0.2) is 12.4 Å². The molecule has 1 saturated carbocycles. The molecule has 1 aliphatic rings. The Hall–Kier alpha value is -2.11. The van der Waals surface area contributed by atoms with Crippen molar-refractivity contribution >= 4 is 17.7 Å². The highest BCUT2D eigenvalue weighted by Crippen LogP contribution is 2.29. The van der Waals surface area contributed by atoms with Crippen molar-refractivity contribution < 1.29 is 19.1 Å². The molecule has 6 heteroatoms. The lowest BCUT2D eigenvalue weighted by Gasteiger charge is -2.21. The second kappa shape index (κ2) is 7.64. The summed E-state index contributed by atoms with van der Waals surface area (Å²) < 4.78 is 5.18. The van der Waals surface area contributed by atoms with Gasteiger partial charge in [-0.1, -0.05) is 6.92 Å². The summed E-state index contributed by atoms with van der Waals surface area (Å²) in [5.74, 6) is -0.262. The molecule has 0 atom stereocenters. The van der Waals surface area contributed by atoms with E-state index in [9.17, 15) is 14.4 Å². The zero-order valence-electron chi connectivity index (χ0n) is 14.9. The van der Waals surface area contributed by atoms with Crippen molar-refractivity contribution in [2.75, 3.05) is 19.7 Å². The molecule has 1 N–H and O–H groups in total. The van der Waals surface area contributed by atoms with E-state index in [-0.39, 0.29) is 24.0 Å². The number of carbonyl (C=O) groups is 3. The smallest absolute Gasteiger partial charge is 0.355 e. The highest BCUT2D eigenvalue weighted by molar-refractivity contribution is 6.01. The summed E-state index contributed by atoms with van der Waals surface area (Å²) in [4.78, 5) is 40.8. The van der Waals surface area contributed by atoms with E-state index in [1.807, 2.05) is 6.92 Å². The molecule has 1 aromatic heterocycles. The van der Waals surface area contributed by atoms with Crippen molar-refractivity contribution in [3.8, 4) is 0 Å². The van der Waals surface area contributed by atoms with Crippen LogP contribution in [0.2, 0.25) is 0 Å². The molecule has 1 fully saturated rings. The molecule has 0 aromatic carbocycles. The summed E-state index contributed by atoms with van der Waals surface area (Å²) >= 11 is 0. The van der Waals surface area contributed by atoms with Crippen LogP contribution in [-0.2, 0) is 9.53 Å². The maximum atomic E-state index is 12.3. The summed E-state index contributed by atoms with van der Waals surface area (Å²) in [6.45, 7) is 8.09. The molecule has 0 saturated heterocycles. The number of H-pyrrole nitrogens is 1. The fourth-order valence-corrected chi connectivity index (χ4v) is 2.97. The quantitative estimate of drug-likeness (QED) is 0.585. The Morgan fingerprint density at radius 2 is 1.92 bits per heavy atom. The molecule has 1 aromatic rings. The third kappa shape index (κ3) is 4.24. The van der Waals surface area contributed by atoms with Gasteiger partial charge in [-0.3, -0.25) is 9.59 Å². The van der Waals surface area contributed by atoms with Crippen LogP contribution >= 0.6 is 0 Å². The number of aryl methyl sites for hydroxylation is 1. The van der Waals surface area contributed by atoms with Gasteiger partial charge in [0.05, 0.1) is 0 Å². The predicted octanol–water partition coefficient (Wildman–Crippen LogP) is 2.64. The van der Waals surface area contributed by atoms with Crippen LogP contribution < -0.4 is 0 Å². The van der Waals surface area contributed by atoms with Crippen LogP contribution in [0.25, 0.3) is 0 Å². The molecule has 2 rings (SSSR count). The Labute approximate surface area is 142 Å². The van der Waals surface area contributed by atoms with Crippen LogP contribution in [0.4, 0.5) is 0 Å². The van der Waals surface area contributed by atoms with Gasteiger partial charge in [-0.15, -0.1) is 0 Å². The second-order valence-electron chi connectivity index (χ2n) is 6.54. The number of nitrogens with one attached hydrogen (secondary N) is 1. The second-order valence-corrected chi connectivity index (χ2v) is 6.54. The topological polar surface area (TPSA) is 79.5 Å². The summed E-state index contributed by atoms with van der Waals surface area (Å²) in [5.41, 5.74) is 1.96. The molecule has 6 nitrogen and oxygen atoms in total. The minimum Gasteiger partial charge on any atom is -0.451 e. The normalized spacial score (nSPS) is 13.7. The van der Waals surface area contributed by atoms with Gasteiger partial charge < -0.3 is 14.6 Å². The number of esters is 1. The highest BCUT2D eigenvalue weighted by Gasteiger charge is 2.27. The van der Waals surface area contributed by atoms with Gasteiger partial charge in [-0.25, -0.2) is 4.79 Å². The molecule has 1 aliphatic carbocycles. The number of Topliss-reactive ketones (excluding diaryl/α,β-unsaturated/α-hetero) is 1. The molecule has 0 aliphatic heterocycles. The maximum absolute atomic E-state index is 12.3. The monoisotopic (exact) mass is 334 g/mol. The molecule has 1 heterocycles. The Bertz CT molecular complexity index is 644. The average Bonchev–Trinajstić information content (AvgIpc) is 3.27. The van der Waals surface area contributed by atoms with E-state index in [4.69, 9.17) is 4.74 Å². The van der Waals surface area contributed by atoms with E-state index in [1.54, 1.807) is 18.7 Å². The Morgan fingerprint density at radius 3 is 2.42 bits per heavy atom.